The van der Waals surface area contributed by atoms with Crippen LogP contribution >= 0.6 is 11.3 Å². The average Bonchev–Trinajstić information content (AvgIpc) is 3.73. The third-order valence-corrected chi connectivity index (χ3v) is 14.8. The van der Waals surface area contributed by atoms with Crippen molar-refractivity contribution in [2.45, 2.75) is 278 Å². The van der Waals surface area contributed by atoms with Gasteiger partial charge in [0.25, 0.3) is 5.91 Å². The van der Waals surface area contributed by atoms with Crippen molar-refractivity contribution in [1.29, 1.82) is 0 Å². The van der Waals surface area contributed by atoms with Gasteiger partial charge >= 0.3 is 11.9 Å². The Bertz CT molecular complexity index is 1470. The van der Waals surface area contributed by atoms with E-state index < -0.39 is 0 Å². The van der Waals surface area contributed by atoms with Crippen molar-refractivity contribution in [3.63, 3.8) is 0 Å². The number of rotatable bonds is 44. The first-order valence-electron chi connectivity index (χ1n) is 28.9. The fourth-order valence-electron chi connectivity index (χ4n) is 9.19. The maximum atomic E-state index is 13.1. The van der Waals surface area contributed by atoms with Crippen molar-refractivity contribution in [1.82, 2.24) is 15.1 Å². The van der Waals surface area contributed by atoms with E-state index in [-0.39, 0.29) is 36.0 Å². The summed E-state index contributed by atoms with van der Waals surface area (Å²) in [4.78, 5) is 66.3. The molecule has 2 amide bonds. The number of nitrogens with zero attached hydrogens (tertiary/aromatic N) is 2. The fourth-order valence-corrected chi connectivity index (χ4v) is 10.4. The van der Waals surface area contributed by atoms with E-state index in [1.165, 1.54) is 122 Å². The first-order chi connectivity index (χ1) is 34.0. The van der Waals surface area contributed by atoms with Crippen LogP contribution in [0.25, 0.3) is 0 Å². The van der Waals surface area contributed by atoms with Crippen LogP contribution in [-0.2, 0) is 41.6 Å². The van der Waals surface area contributed by atoms with Gasteiger partial charge in [-0.05, 0) is 116 Å². The van der Waals surface area contributed by atoms with Gasteiger partial charge in [-0.3, -0.25) is 19.2 Å². The molecule has 1 unspecified atom stereocenters. The molecule has 1 aliphatic heterocycles. The number of anilines is 1. The summed E-state index contributed by atoms with van der Waals surface area (Å²) < 4.78 is 11.7. The maximum absolute atomic E-state index is 13.1. The SMILES string of the molecule is CCCCCCCCC(CCCCCC)OC(=O)CCCCC=O.CCCCCCCCC(CCCCCCCC)OC(=O)CCCCC(=O)N1CCc2c(sc(NC)c2C(=O)NCCCN(C)C)C1. The first kappa shape index (κ1) is 65.0. The minimum atomic E-state index is -0.109. The lowest BCUT2D eigenvalue weighted by Gasteiger charge is -2.27. The molecule has 0 spiro atoms. The Kier molecular flexibility index (Phi) is 41.5. The topological polar surface area (TPSA) is 134 Å². The second-order valence-electron chi connectivity index (χ2n) is 20.3. The Labute approximate surface area is 432 Å². The molecule has 1 aliphatic rings. The van der Waals surface area contributed by atoms with E-state index in [1.54, 1.807) is 11.3 Å². The normalized spacial score (nSPS) is 12.6. The molecular formula is C58H106N4O7S. The smallest absolute Gasteiger partial charge is 0.306 e. The van der Waals surface area contributed by atoms with Crippen molar-refractivity contribution in [3.05, 3.63) is 16.0 Å². The summed E-state index contributed by atoms with van der Waals surface area (Å²) in [6.45, 7) is 11.7. The van der Waals surface area contributed by atoms with Crippen LogP contribution in [-0.4, -0.2) is 92.8 Å². The van der Waals surface area contributed by atoms with Gasteiger partial charge in [-0.1, -0.05) is 143 Å². The second kappa shape index (κ2) is 44.7. The number of fused-ring (bicyclic) bond motifs is 1. The first-order valence-corrected chi connectivity index (χ1v) is 29.7. The Hall–Kier alpha value is -2.99. The minimum Gasteiger partial charge on any atom is -0.462 e. The molecule has 0 radical (unpaired) electrons. The molecule has 0 saturated carbocycles. The number of esters is 2. The van der Waals surface area contributed by atoms with E-state index in [2.05, 4.69) is 43.2 Å². The van der Waals surface area contributed by atoms with Gasteiger partial charge in [0.2, 0.25) is 5.91 Å². The number of unbranched alkanes of at least 4 members (excludes halogenated alkanes) is 21. The van der Waals surface area contributed by atoms with Gasteiger partial charge in [-0.25, -0.2) is 0 Å². The Morgan fingerprint density at radius 3 is 1.51 bits per heavy atom. The van der Waals surface area contributed by atoms with Crippen LogP contribution in [0.4, 0.5) is 5.00 Å². The lowest BCUT2D eigenvalue weighted by Crippen LogP contribution is -2.36. The number of thiophene rings is 1. The molecule has 70 heavy (non-hydrogen) atoms. The highest BCUT2D eigenvalue weighted by molar-refractivity contribution is 7.16. The number of hydrogen-bond donors (Lipinski definition) is 2. The Morgan fingerprint density at radius 1 is 0.614 bits per heavy atom. The molecule has 2 heterocycles. The van der Waals surface area contributed by atoms with Gasteiger partial charge in [0.05, 0.1) is 12.1 Å². The molecule has 0 bridgehead atoms. The zero-order chi connectivity index (χ0) is 51.5. The molecule has 2 rings (SSSR count). The van der Waals surface area contributed by atoms with Crippen LogP contribution in [0, 0.1) is 0 Å². The summed E-state index contributed by atoms with van der Waals surface area (Å²) in [7, 11) is 5.91. The van der Waals surface area contributed by atoms with Crippen LogP contribution in [0.2, 0.25) is 0 Å². The zero-order valence-electron chi connectivity index (χ0n) is 46.2. The van der Waals surface area contributed by atoms with Crippen LogP contribution in [0.3, 0.4) is 0 Å². The lowest BCUT2D eigenvalue weighted by molar-refractivity contribution is -0.151. The summed E-state index contributed by atoms with van der Waals surface area (Å²) in [5, 5.41) is 7.14. The molecule has 0 aliphatic carbocycles. The largest absolute Gasteiger partial charge is 0.462 e. The molecule has 0 fully saturated rings. The molecule has 0 saturated heterocycles. The van der Waals surface area contributed by atoms with E-state index in [1.807, 2.05) is 26.0 Å². The summed E-state index contributed by atoms with van der Waals surface area (Å²) in [6, 6.07) is 0. The summed E-state index contributed by atoms with van der Waals surface area (Å²) in [6.07, 6.45) is 38.9. The average molecular weight is 1000 g/mol. The number of carbonyl (C=O) groups excluding carboxylic acids is 5. The second-order valence-corrected chi connectivity index (χ2v) is 21.4. The lowest BCUT2D eigenvalue weighted by atomic mass is 10.0. The van der Waals surface area contributed by atoms with E-state index in [4.69, 9.17) is 9.47 Å². The van der Waals surface area contributed by atoms with Gasteiger partial charge in [0, 0.05) is 50.7 Å². The van der Waals surface area contributed by atoms with E-state index in [9.17, 15) is 24.0 Å². The third-order valence-electron chi connectivity index (χ3n) is 13.5. The molecule has 406 valence electrons. The molecule has 1 aromatic rings. The summed E-state index contributed by atoms with van der Waals surface area (Å²) in [5.41, 5.74) is 1.81. The molecule has 1 atom stereocenters. The summed E-state index contributed by atoms with van der Waals surface area (Å²) >= 11 is 1.58. The highest BCUT2D eigenvalue weighted by atomic mass is 32.1. The minimum absolute atomic E-state index is 0.0338. The molecule has 0 aromatic carbocycles. The van der Waals surface area contributed by atoms with E-state index in [0.717, 1.165) is 98.0 Å². The van der Waals surface area contributed by atoms with Crippen LogP contribution < -0.4 is 10.6 Å². The van der Waals surface area contributed by atoms with Gasteiger partial charge < -0.3 is 34.7 Å². The Balaban J connectivity index is 0.000000860. The molecule has 12 heteroatoms. The van der Waals surface area contributed by atoms with Crippen LogP contribution in [0.1, 0.15) is 273 Å². The van der Waals surface area contributed by atoms with Crippen molar-refractivity contribution < 1.29 is 33.4 Å². The Morgan fingerprint density at radius 2 is 1.06 bits per heavy atom. The van der Waals surface area contributed by atoms with Gasteiger partial charge in [0.15, 0.2) is 0 Å². The number of hydrogen-bond acceptors (Lipinski definition) is 10. The maximum Gasteiger partial charge on any atom is 0.306 e. The molecular weight excluding hydrogens is 897 g/mol. The number of nitrogens with one attached hydrogen (secondary N) is 2. The van der Waals surface area contributed by atoms with Crippen molar-refractivity contribution in [2.24, 2.45) is 0 Å². The van der Waals surface area contributed by atoms with Crippen molar-refractivity contribution >= 4 is 46.4 Å². The fraction of sp³-hybridized carbons (Fsp3) is 0.845. The number of carbonyl (C=O) groups is 5. The quantitative estimate of drug-likeness (QED) is 0.0372. The molecule has 2 N–H and O–H groups in total. The highest BCUT2D eigenvalue weighted by Gasteiger charge is 2.29. The predicted molar refractivity (Wildman–Crippen MR) is 294 cm³/mol. The molecule has 11 nitrogen and oxygen atoms in total. The molecule has 1 aromatic heterocycles. The predicted octanol–water partition coefficient (Wildman–Crippen LogP) is 14.7. The monoisotopic (exact) mass is 1000 g/mol. The standard InChI is InChI=1S/C37H66N4O4S.C21H40O3/c1-6-8-10-12-14-16-21-30(22-17-15-13-11-9-7-2)45-34(43)24-19-18-23-33(42)41-28-25-31-32(29-41)46-37(38-3)35(31)36(44)39-26-20-27-40(4)5;1-3-5-7-9-10-13-17-20(16-12-8-6-4-2)24-21(23)18-14-11-15-19-22/h30,38H,6-29H2,1-5H3,(H,39,44);19-20H,3-18H2,1-2H3. The number of aldehydes is 1. The van der Waals surface area contributed by atoms with Crippen LogP contribution in [0.5, 0.6) is 0 Å². The third kappa shape index (κ3) is 32.9. The number of ether oxygens (including phenoxy) is 2. The van der Waals surface area contributed by atoms with E-state index in [0.29, 0.717) is 64.6 Å². The van der Waals surface area contributed by atoms with Gasteiger partial charge in [0.1, 0.15) is 23.5 Å². The van der Waals surface area contributed by atoms with Crippen LogP contribution in [0.15, 0.2) is 0 Å². The van der Waals surface area contributed by atoms with Crippen molar-refractivity contribution in [2.75, 3.05) is 46.1 Å². The zero-order valence-corrected chi connectivity index (χ0v) is 47.0. The van der Waals surface area contributed by atoms with Gasteiger partial charge in [-0.15, -0.1) is 11.3 Å². The highest BCUT2D eigenvalue weighted by Crippen LogP contribution is 2.37. The van der Waals surface area contributed by atoms with Gasteiger partial charge in [-0.2, -0.15) is 0 Å². The number of amides is 2. The summed E-state index contributed by atoms with van der Waals surface area (Å²) in [5.74, 6) is -0.0966. The van der Waals surface area contributed by atoms with Crippen molar-refractivity contribution in [3.8, 4) is 0 Å². The van der Waals surface area contributed by atoms with E-state index >= 15 is 0 Å².